The van der Waals surface area contributed by atoms with Crippen LogP contribution in [0.4, 0.5) is 13.2 Å². The lowest BCUT2D eigenvalue weighted by molar-refractivity contribution is 0.0598. The quantitative estimate of drug-likeness (QED) is 0.634. The largest absolute Gasteiger partial charge is 0.465 e. The molecule has 0 fully saturated rings. The van der Waals surface area contributed by atoms with Crippen molar-refractivity contribution in [2.75, 3.05) is 7.11 Å². The second kappa shape index (κ2) is 4.93. The predicted molar refractivity (Wildman–Crippen MR) is 48.4 cm³/mol. The first-order valence-corrected chi connectivity index (χ1v) is 4.27. The molecule has 0 saturated carbocycles. The van der Waals surface area contributed by atoms with E-state index in [0.29, 0.717) is 6.07 Å². The van der Waals surface area contributed by atoms with Crippen LogP contribution in [0.15, 0.2) is 6.07 Å². The number of halogens is 3. The van der Waals surface area contributed by atoms with Gasteiger partial charge in [0, 0.05) is 6.54 Å². The maximum absolute atomic E-state index is 13.0. The van der Waals surface area contributed by atoms with Crippen molar-refractivity contribution in [3.63, 3.8) is 0 Å². The lowest BCUT2D eigenvalue weighted by atomic mass is 10.1. The van der Waals surface area contributed by atoms with Crippen molar-refractivity contribution in [1.82, 2.24) is 4.98 Å². The molecular formula is C9H9F3N2O2. The fourth-order valence-corrected chi connectivity index (χ4v) is 1.14. The van der Waals surface area contributed by atoms with Crippen LogP contribution in [0.2, 0.25) is 0 Å². The highest BCUT2D eigenvalue weighted by Gasteiger charge is 2.21. The number of pyridine rings is 1. The molecule has 2 N–H and O–H groups in total. The summed E-state index contributed by atoms with van der Waals surface area (Å²) in [7, 11) is 1.08. The van der Waals surface area contributed by atoms with Gasteiger partial charge in [0.25, 0.3) is 6.43 Å². The molecule has 1 heterocycles. The molecule has 0 radical (unpaired) electrons. The van der Waals surface area contributed by atoms with Gasteiger partial charge in [0.05, 0.1) is 23.9 Å². The summed E-state index contributed by atoms with van der Waals surface area (Å²) in [5.41, 5.74) is 3.90. The number of carbonyl (C=O) groups is 1. The predicted octanol–water partition coefficient (Wildman–Crippen LogP) is 1.40. The lowest BCUT2D eigenvalue weighted by Crippen LogP contribution is -2.14. The molecule has 0 atom stereocenters. The Balaban J connectivity index is 3.34. The number of rotatable bonds is 3. The minimum absolute atomic E-state index is 0.117. The first-order valence-electron chi connectivity index (χ1n) is 4.27. The monoisotopic (exact) mass is 234 g/mol. The fourth-order valence-electron chi connectivity index (χ4n) is 1.14. The van der Waals surface area contributed by atoms with Gasteiger partial charge < -0.3 is 10.5 Å². The van der Waals surface area contributed by atoms with Gasteiger partial charge >= 0.3 is 5.97 Å². The highest BCUT2D eigenvalue weighted by atomic mass is 19.3. The van der Waals surface area contributed by atoms with Gasteiger partial charge in [-0.3, -0.25) is 0 Å². The second-order valence-electron chi connectivity index (χ2n) is 2.86. The van der Waals surface area contributed by atoms with E-state index in [9.17, 15) is 18.0 Å². The van der Waals surface area contributed by atoms with Crippen LogP contribution in [0, 0.1) is 5.95 Å². The summed E-state index contributed by atoms with van der Waals surface area (Å²) < 4.78 is 42.1. The molecule has 7 heteroatoms. The number of nitrogens with zero attached hydrogens (tertiary/aromatic N) is 1. The zero-order valence-electron chi connectivity index (χ0n) is 8.34. The molecular weight excluding hydrogens is 225 g/mol. The Bertz CT molecular complexity index is 410. The lowest BCUT2D eigenvalue weighted by Gasteiger charge is -2.08. The summed E-state index contributed by atoms with van der Waals surface area (Å²) in [6.45, 7) is -0.245. The molecule has 0 aromatic carbocycles. The Hall–Kier alpha value is -1.63. The van der Waals surface area contributed by atoms with Crippen LogP contribution in [0.5, 0.6) is 0 Å². The molecule has 0 bridgehead atoms. The minimum atomic E-state index is -3.05. The van der Waals surface area contributed by atoms with E-state index >= 15 is 0 Å². The zero-order chi connectivity index (χ0) is 12.3. The number of hydrogen-bond donors (Lipinski definition) is 1. The van der Waals surface area contributed by atoms with Gasteiger partial charge in [-0.1, -0.05) is 0 Å². The number of hydrogen-bond acceptors (Lipinski definition) is 4. The van der Waals surface area contributed by atoms with E-state index in [4.69, 9.17) is 5.73 Å². The molecule has 0 aliphatic heterocycles. The van der Waals surface area contributed by atoms with Crippen molar-refractivity contribution in [2.45, 2.75) is 13.0 Å². The number of carbonyl (C=O) groups excluding carboxylic acids is 1. The van der Waals surface area contributed by atoms with E-state index in [-0.39, 0.29) is 17.8 Å². The van der Waals surface area contributed by atoms with Gasteiger partial charge in [0.15, 0.2) is 0 Å². The van der Waals surface area contributed by atoms with Crippen LogP contribution in [-0.2, 0) is 11.3 Å². The van der Waals surface area contributed by atoms with Gasteiger partial charge in [-0.05, 0) is 6.07 Å². The zero-order valence-corrected chi connectivity index (χ0v) is 8.34. The molecule has 0 aliphatic carbocycles. The maximum Gasteiger partial charge on any atom is 0.339 e. The van der Waals surface area contributed by atoms with E-state index in [2.05, 4.69) is 9.72 Å². The number of esters is 1. The summed E-state index contributed by atoms with van der Waals surface area (Å²) in [5.74, 6) is -2.21. The molecule has 88 valence electrons. The molecule has 0 amide bonds. The summed E-state index contributed by atoms with van der Waals surface area (Å²) >= 11 is 0. The highest BCUT2D eigenvalue weighted by molar-refractivity contribution is 5.90. The molecule has 1 aromatic rings. The van der Waals surface area contributed by atoms with E-state index in [0.717, 1.165) is 7.11 Å². The normalized spacial score (nSPS) is 10.6. The van der Waals surface area contributed by atoms with Gasteiger partial charge in [-0.2, -0.15) is 4.39 Å². The Kier molecular flexibility index (Phi) is 3.83. The summed E-state index contributed by atoms with van der Waals surface area (Å²) in [6, 6.07) is 0.709. The number of ether oxygens (including phenoxy) is 1. The molecule has 4 nitrogen and oxygen atoms in total. The van der Waals surface area contributed by atoms with Crippen LogP contribution >= 0.6 is 0 Å². The Morgan fingerprint density at radius 3 is 2.69 bits per heavy atom. The SMILES string of the molecule is COC(=O)c1cc(C(F)F)c(F)nc1CN. The molecule has 1 aromatic heterocycles. The van der Waals surface area contributed by atoms with Crippen molar-refractivity contribution in [1.29, 1.82) is 0 Å². The van der Waals surface area contributed by atoms with Crippen LogP contribution in [0.25, 0.3) is 0 Å². The van der Waals surface area contributed by atoms with Crippen LogP contribution in [-0.4, -0.2) is 18.1 Å². The van der Waals surface area contributed by atoms with Crippen LogP contribution in [0.3, 0.4) is 0 Å². The summed E-state index contributed by atoms with van der Waals surface area (Å²) in [6.07, 6.45) is -3.05. The van der Waals surface area contributed by atoms with Gasteiger partial charge in [-0.15, -0.1) is 0 Å². The third-order valence-electron chi connectivity index (χ3n) is 1.92. The molecule has 1 rings (SSSR count). The fraction of sp³-hybridized carbons (Fsp3) is 0.333. The van der Waals surface area contributed by atoms with E-state index in [1.54, 1.807) is 0 Å². The molecule has 0 saturated heterocycles. The average Bonchev–Trinajstić information content (AvgIpc) is 2.27. The topological polar surface area (TPSA) is 65.2 Å². The number of nitrogens with two attached hydrogens (primary N) is 1. The molecule has 0 unspecified atom stereocenters. The van der Waals surface area contributed by atoms with E-state index < -0.39 is 23.9 Å². The molecule has 0 spiro atoms. The maximum atomic E-state index is 13.0. The van der Waals surface area contributed by atoms with Crippen molar-refractivity contribution in [2.24, 2.45) is 5.73 Å². The smallest absolute Gasteiger partial charge is 0.339 e. The molecule has 16 heavy (non-hydrogen) atoms. The minimum Gasteiger partial charge on any atom is -0.465 e. The van der Waals surface area contributed by atoms with Crippen molar-refractivity contribution in [3.8, 4) is 0 Å². The second-order valence-corrected chi connectivity index (χ2v) is 2.86. The summed E-state index contributed by atoms with van der Waals surface area (Å²) in [5, 5.41) is 0. The van der Waals surface area contributed by atoms with Crippen LogP contribution in [0.1, 0.15) is 28.0 Å². The Labute approximate surface area is 89.2 Å². The average molecular weight is 234 g/mol. The molecule has 0 aliphatic rings. The standard InChI is InChI=1S/C9H9F3N2O2/c1-16-9(15)4-2-5(7(10)11)8(12)14-6(4)3-13/h2,7H,3,13H2,1H3. The summed E-state index contributed by atoms with van der Waals surface area (Å²) in [4.78, 5) is 14.4. The highest BCUT2D eigenvalue weighted by Crippen LogP contribution is 2.23. The number of alkyl halides is 2. The first-order chi connectivity index (χ1) is 7.51. The van der Waals surface area contributed by atoms with Crippen molar-refractivity contribution in [3.05, 3.63) is 28.8 Å². The Morgan fingerprint density at radius 2 is 2.25 bits per heavy atom. The van der Waals surface area contributed by atoms with E-state index in [1.165, 1.54) is 0 Å². The van der Waals surface area contributed by atoms with Gasteiger partial charge in [0.1, 0.15) is 0 Å². The van der Waals surface area contributed by atoms with Crippen LogP contribution < -0.4 is 5.73 Å². The number of aromatic nitrogens is 1. The van der Waals surface area contributed by atoms with Crippen molar-refractivity contribution < 1.29 is 22.7 Å². The third kappa shape index (κ3) is 2.30. The van der Waals surface area contributed by atoms with Crippen molar-refractivity contribution >= 4 is 5.97 Å². The van der Waals surface area contributed by atoms with Gasteiger partial charge in [0.2, 0.25) is 5.95 Å². The van der Waals surface area contributed by atoms with Gasteiger partial charge in [-0.25, -0.2) is 18.6 Å². The van der Waals surface area contributed by atoms with E-state index in [1.807, 2.05) is 0 Å². The first kappa shape index (κ1) is 12.4. The number of methoxy groups -OCH3 is 1. The third-order valence-corrected chi connectivity index (χ3v) is 1.92. The Morgan fingerprint density at radius 1 is 1.62 bits per heavy atom.